The Hall–Kier alpha value is -2.62. The zero-order valence-corrected chi connectivity index (χ0v) is 15.3. The smallest absolute Gasteiger partial charge is 0.335 e. The van der Waals surface area contributed by atoms with Crippen LogP contribution in [0, 0.1) is 0 Å². The summed E-state index contributed by atoms with van der Waals surface area (Å²) >= 11 is 0. The fourth-order valence-corrected chi connectivity index (χ4v) is 2.87. The first-order valence-electron chi connectivity index (χ1n) is 9.34. The summed E-state index contributed by atoms with van der Waals surface area (Å²) in [5.41, 5.74) is 2.44. The van der Waals surface area contributed by atoms with Crippen LogP contribution in [0.3, 0.4) is 0 Å². The van der Waals surface area contributed by atoms with Gasteiger partial charge in [-0.2, -0.15) is 0 Å². The van der Waals surface area contributed by atoms with Gasteiger partial charge in [-0.3, -0.25) is 4.79 Å². The Bertz CT molecular complexity index is 722. The zero-order chi connectivity index (χ0) is 18.8. The number of carbonyl (C=O) groups is 2. The van der Waals surface area contributed by atoms with E-state index in [0.29, 0.717) is 11.3 Å². The lowest BCUT2D eigenvalue weighted by Crippen LogP contribution is -2.12. The van der Waals surface area contributed by atoms with E-state index in [1.165, 1.54) is 56.2 Å². The third-order valence-electron chi connectivity index (χ3n) is 4.40. The minimum absolute atomic E-state index is 0.150. The van der Waals surface area contributed by atoms with E-state index < -0.39 is 5.97 Å². The lowest BCUT2D eigenvalue weighted by Gasteiger charge is -2.07. The van der Waals surface area contributed by atoms with Crippen molar-refractivity contribution in [2.75, 3.05) is 5.32 Å². The number of benzene rings is 2. The second kappa shape index (κ2) is 10.4. The molecule has 138 valence electrons. The first-order chi connectivity index (χ1) is 12.6. The third kappa shape index (κ3) is 6.36. The molecule has 0 aliphatic heterocycles. The Labute approximate surface area is 155 Å². The van der Waals surface area contributed by atoms with E-state index in [1.807, 2.05) is 24.3 Å². The molecule has 0 saturated carbocycles. The summed E-state index contributed by atoms with van der Waals surface area (Å²) in [4.78, 5) is 23.3. The van der Waals surface area contributed by atoms with Crippen LogP contribution in [0.15, 0.2) is 48.5 Å². The van der Waals surface area contributed by atoms with Gasteiger partial charge in [0.1, 0.15) is 0 Å². The average Bonchev–Trinajstić information content (AvgIpc) is 2.65. The van der Waals surface area contributed by atoms with Crippen molar-refractivity contribution >= 4 is 17.6 Å². The van der Waals surface area contributed by atoms with Crippen LogP contribution in [0.5, 0.6) is 0 Å². The summed E-state index contributed by atoms with van der Waals surface area (Å²) in [5, 5.41) is 11.8. The van der Waals surface area contributed by atoms with E-state index in [4.69, 9.17) is 5.11 Å². The molecule has 2 rings (SSSR count). The van der Waals surface area contributed by atoms with Crippen LogP contribution in [0.4, 0.5) is 5.69 Å². The maximum atomic E-state index is 12.3. The van der Waals surface area contributed by atoms with E-state index in [2.05, 4.69) is 12.2 Å². The number of hydrogen-bond acceptors (Lipinski definition) is 2. The van der Waals surface area contributed by atoms with Gasteiger partial charge in [0.05, 0.1) is 5.56 Å². The van der Waals surface area contributed by atoms with Crippen molar-refractivity contribution in [3.8, 4) is 0 Å². The van der Waals surface area contributed by atoms with Crippen LogP contribution in [0.1, 0.15) is 71.7 Å². The predicted octanol–water partition coefficient (Wildman–Crippen LogP) is 5.54. The van der Waals surface area contributed by atoms with E-state index in [9.17, 15) is 9.59 Å². The number of rotatable bonds is 10. The topological polar surface area (TPSA) is 66.4 Å². The third-order valence-corrected chi connectivity index (χ3v) is 4.40. The highest BCUT2D eigenvalue weighted by molar-refractivity contribution is 6.04. The van der Waals surface area contributed by atoms with Crippen molar-refractivity contribution in [1.82, 2.24) is 0 Å². The van der Waals surface area contributed by atoms with Gasteiger partial charge >= 0.3 is 5.97 Å². The molecule has 0 spiro atoms. The van der Waals surface area contributed by atoms with Gasteiger partial charge in [-0.1, -0.05) is 57.2 Å². The monoisotopic (exact) mass is 353 g/mol. The Morgan fingerprint density at radius 2 is 1.58 bits per heavy atom. The number of carbonyl (C=O) groups excluding carboxylic acids is 1. The molecule has 4 nitrogen and oxygen atoms in total. The van der Waals surface area contributed by atoms with Crippen molar-refractivity contribution in [2.45, 2.75) is 51.9 Å². The second-order valence-electron chi connectivity index (χ2n) is 6.55. The highest BCUT2D eigenvalue weighted by Gasteiger charge is 2.08. The Morgan fingerprint density at radius 1 is 0.885 bits per heavy atom. The molecule has 4 heteroatoms. The van der Waals surface area contributed by atoms with Crippen LogP contribution in [0.2, 0.25) is 0 Å². The molecule has 0 bridgehead atoms. The molecule has 2 aromatic carbocycles. The van der Waals surface area contributed by atoms with Gasteiger partial charge in [0.15, 0.2) is 0 Å². The summed E-state index contributed by atoms with van der Waals surface area (Å²) in [6.07, 6.45) is 8.67. The number of aryl methyl sites for hydroxylation is 1. The van der Waals surface area contributed by atoms with Gasteiger partial charge in [0, 0.05) is 11.3 Å². The zero-order valence-electron chi connectivity index (χ0n) is 15.3. The largest absolute Gasteiger partial charge is 0.478 e. The molecule has 26 heavy (non-hydrogen) atoms. The Morgan fingerprint density at radius 3 is 2.27 bits per heavy atom. The average molecular weight is 353 g/mol. The number of hydrogen-bond donors (Lipinski definition) is 2. The van der Waals surface area contributed by atoms with Crippen LogP contribution >= 0.6 is 0 Å². The van der Waals surface area contributed by atoms with Gasteiger partial charge in [-0.15, -0.1) is 0 Å². The maximum Gasteiger partial charge on any atom is 0.335 e. The first kappa shape index (κ1) is 19.7. The standard InChI is InChI=1S/C22H27NO3/c1-2-3-4-5-6-7-9-17-12-14-18(15-13-17)21(24)23-20-11-8-10-19(16-20)22(25)26/h8,10-16H,2-7,9H2,1H3,(H,23,24)(H,25,26). The highest BCUT2D eigenvalue weighted by atomic mass is 16.4. The van der Waals surface area contributed by atoms with Crippen LogP contribution < -0.4 is 5.32 Å². The first-order valence-corrected chi connectivity index (χ1v) is 9.34. The molecule has 2 aromatic rings. The predicted molar refractivity (Wildman–Crippen MR) is 105 cm³/mol. The van der Waals surface area contributed by atoms with Crippen molar-refractivity contribution in [3.05, 3.63) is 65.2 Å². The van der Waals surface area contributed by atoms with Crippen LogP contribution in [0.25, 0.3) is 0 Å². The summed E-state index contributed by atoms with van der Waals surface area (Å²) in [7, 11) is 0. The van der Waals surface area contributed by atoms with E-state index >= 15 is 0 Å². The second-order valence-corrected chi connectivity index (χ2v) is 6.55. The number of unbranched alkanes of at least 4 members (excludes halogenated alkanes) is 5. The van der Waals surface area contributed by atoms with Crippen LogP contribution in [-0.4, -0.2) is 17.0 Å². The minimum atomic E-state index is -1.01. The number of anilines is 1. The summed E-state index contributed by atoms with van der Waals surface area (Å²) < 4.78 is 0. The van der Waals surface area contributed by atoms with Gasteiger partial charge in [-0.25, -0.2) is 4.79 Å². The molecule has 0 aromatic heterocycles. The van der Waals surface area contributed by atoms with Crippen molar-refractivity contribution in [3.63, 3.8) is 0 Å². The van der Waals surface area contributed by atoms with Gasteiger partial charge in [0.25, 0.3) is 5.91 Å². The summed E-state index contributed by atoms with van der Waals surface area (Å²) in [5.74, 6) is -1.25. The molecule has 0 fully saturated rings. The molecule has 0 atom stereocenters. The van der Waals surface area contributed by atoms with Gasteiger partial charge in [0.2, 0.25) is 0 Å². The minimum Gasteiger partial charge on any atom is -0.478 e. The molecule has 0 radical (unpaired) electrons. The van der Waals surface area contributed by atoms with Crippen molar-refractivity contribution in [1.29, 1.82) is 0 Å². The summed E-state index contributed by atoms with van der Waals surface area (Å²) in [6.45, 7) is 2.22. The quantitative estimate of drug-likeness (QED) is 0.551. The lowest BCUT2D eigenvalue weighted by atomic mass is 10.0. The molecular formula is C22H27NO3. The van der Waals surface area contributed by atoms with E-state index in [1.54, 1.807) is 12.1 Å². The lowest BCUT2D eigenvalue weighted by molar-refractivity contribution is 0.0696. The molecule has 0 unspecified atom stereocenters. The number of aromatic carboxylic acids is 1. The number of nitrogens with one attached hydrogen (secondary N) is 1. The fourth-order valence-electron chi connectivity index (χ4n) is 2.87. The summed E-state index contributed by atoms with van der Waals surface area (Å²) in [6, 6.07) is 13.9. The number of carboxylic acid groups (broad SMARTS) is 1. The molecule has 0 heterocycles. The fraction of sp³-hybridized carbons (Fsp3) is 0.364. The van der Waals surface area contributed by atoms with Gasteiger partial charge in [-0.05, 0) is 48.7 Å². The molecular weight excluding hydrogens is 326 g/mol. The number of carboxylic acids is 1. The Balaban J connectivity index is 1.84. The number of amides is 1. The van der Waals surface area contributed by atoms with Gasteiger partial charge < -0.3 is 10.4 Å². The molecule has 1 amide bonds. The molecule has 2 N–H and O–H groups in total. The Kier molecular flexibility index (Phi) is 7.87. The van der Waals surface area contributed by atoms with E-state index in [0.717, 1.165) is 6.42 Å². The van der Waals surface area contributed by atoms with Crippen molar-refractivity contribution < 1.29 is 14.7 Å². The highest BCUT2D eigenvalue weighted by Crippen LogP contribution is 2.14. The van der Waals surface area contributed by atoms with Crippen molar-refractivity contribution in [2.24, 2.45) is 0 Å². The normalized spacial score (nSPS) is 10.5. The molecule has 0 saturated heterocycles. The molecule has 0 aliphatic rings. The SMILES string of the molecule is CCCCCCCCc1ccc(C(=O)Nc2cccc(C(=O)O)c2)cc1. The maximum absolute atomic E-state index is 12.3. The van der Waals surface area contributed by atoms with Crippen LogP contribution in [-0.2, 0) is 6.42 Å². The molecule has 0 aliphatic carbocycles. The van der Waals surface area contributed by atoms with E-state index in [-0.39, 0.29) is 11.5 Å².